The topological polar surface area (TPSA) is 50.1 Å². The van der Waals surface area contributed by atoms with Crippen LogP contribution in [0, 0.1) is 5.92 Å². The van der Waals surface area contributed by atoms with Crippen molar-refractivity contribution in [2.75, 3.05) is 0 Å². The molecule has 4 unspecified atom stereocenters. The van der Waals surface area contributed by atoms with Crippen LogP contribution in [0.5, 0.6) is 0 Å². The number of hydrazine groups is 1. The van der Waals surface area contributed by atoms with Gasteiger partial charge in [0.05, 0.1) is 11.6 Å². The Morgan fingerprint density at radius 2 is 1.85 bits per heavy atom. The van der Waals surface area contributed by atoms with Crippen molar-refractivity contribution in [1.29, 1.82) is 0 Å². The molecule has 4 atom stereocenters. The molecule has 20 heavy (non-hydrogen) atoms. The number of hydrogen-bond acceptors (Lipinski definition) is 3. The molecule has 6 heteroatoms. The molecule has 1 aromatic rings. The molecular weight excluding hydrogens is 267 g/mol. The lowest BCUT2D eigenvalue weighted by atomic mass is 9.75. The van der Waals surface area contributed by atoms with Crippen LogP contribution >= 0.6 is 0 Å². The highest BCUT2D eigenvalue weighted by Crippen LogP contribution is 2.42. The van der Waals surface area contributed by atoms with Crippen LogP contribution in [-0.2, 0) is 6.18 Å². The van der Waals surface area contributed by atoms with Crippen molar-refractivity contribution in [3.63, 3.8) is 0 Å². The lowest BCUT2D eigenvalue weighted by molar-refractivity contribution is -0.138. The molecule has 0 spiro atoms. The van der Waals surface area contributed by atoms with Crippen LogP contribution < -0.4 is 16.6 Å². The van der Waals surface area contributed by atoms with Gasteiger partial charge in [0.1, 0.15) is 0 Å². The molecule has 1 aromatic carbocycles. The number of fused-ring (bicyclic) bond motifs is 1. The molecule has 110 valence electrons. The largest absolute Gasteiger partial charge is 0.416 e. The first-order valence-corrected chi connectivity index (χ1v) is 6.91. The summed E-state index contributed by atoms with van der Waals surface area (Å²) >= 11 is 0. The minimum absolute atomic E-state index is 0.00671. The van der Waals surface area contributed by atoms with Gasteiger partial charge >= 0.3 is 6.18 Å². The zero-order valence-corrected chi connectivity index (χ0v) is 11.0. The van der Waals surface area contributed by atoms with Crippen molar-refractivity contribution < 1.29 is 13.2 Å². The maximum absolute atomic E-state index is 13.1. The predicted octanol–water partition coefficient (Wildman–Crippen LogP) is 2.35. The molecular formula is C14H18F3N3. The van der Waals surface area contributed by atoms with E-state index in [0.29, 0.717) is 0 Å². The monoisotopic (exact) mass is 285 g/mol. The van der Waals surface area contributed by atoms with Crippen LogP contribution in [0.15, 0.2) is 24.3 Å². The maximum atomic E-state index is 13.1. The first kappa shape index (κ1) is 13.9. The molecule has 1 saturated carbocycles. The number of rotatable bonds is 1. The number of benzene rings is 1. The van der Waals surface area contributed by atoms with Gasteiger partial charge in [0.15, 0.2) is 0 Å². The minimum Gasteiger partial charge on any atom is -0.327 e. The van der Waals surface area contributed by atoms with Gasteiger partial charge in [-0.1, -0.05) is 24.6 Å². The lowest BCUT2D eigenvalue weighted by Crippen LogP contribution is -2.44. The molecule has 1 aliphatic carbocycles. The molecule has 0 bridgehead atoms. The molecule has 0 radical (unpaired) electrons. The van der Waals surface area contributed by atoms with Crippen LogP contribution in [0.4, 0.5) is 13.2 Å². The van der Waals surface area contributed by atoms with Crippen molar-refractivity contribution in [2.24, 2.45) is 11.7 Å². The highest BCUT2D eigenvalue weighted by atomic mass is 19.4. The van der Waals surface area contributed by atoms with E-state index in [4.69, 9.17) is 5.73 Å². The van der Waals surface area contributed by atoms with Crippen LogP contribution in [0.1, 0.15) is 36.4 Å². The summed E-state index contributed by atoms with van der Waals surface area (Å²) < 4.78 is 39.4. The third-order valence-corrected chi connectivity index (χ3v) is 4.42. The number of hydrogen-bond donors (Lipinski definition) is 3. The van der Waals surface area contributed by atoms with Crippen molar-refractivity contribution in [3.05, 3.63) is 35.4 Å². The average molecular weight is 285 g/mol. The normalized spacial score (nSPS) is 34.0. The smallest absolute Gasteiger partial charge is 0.327 e. The van der Waals surface area contributed by atoms with Crippen molar-refractivity contribution in [1.82, 2.24) is 10.9 Å². The van der Waals surface area contributed by atoms with Crippen molar-refractivity contribution in [3.8, 4) is 0 Å². The third-order valence-electron chi connectivity index (χ3n) is 4.42. The Morgan fingerprint density at radius 3 is 2.60 bits per heavy atom. The fraction of sp³-hybridized carbons (Fsp3) is 0.571. The number of alkyl halides is 3. The maximum Gasteiger partial charge on any atom is 0.416 e. The van der Waals surface area contributed by atoms with Gasteiger partial charge in [0, 0.05) is 18.0 Å². The zero-order chi connectivity index (χ0) is 14.3. The summed E-state index contributed by atoms with van der Waals surface area (Å²) in [6.07, 6.45) is -1.50. The van der Waals surface area contributed by atoms with Crippen LogP contribution in [0.3, 0.4) is 0 Å². The average Bonchev–Trinajstić information content (AvgIpc) is 2.83. The Morgan fingerprint density at radius 1 is 1.10 bits per heavy atom. The number of nitrogens with one attached hydrogen (secondary N) is 2. The van der Waals surface area contributed by atoms with E-state index in [1.54, 1.807) is 12.1 Å². The number of nitrogens with two attached hydrogens (primary N) is 1. The number of halogens is 3. The summed E-state index contributed by atoms with van der Waals surface area (Å²) in [5.74, 6) is 0.00671. The highest BCUT2D eigenvalue weighted by Gasteiger charge is 2.45. The molecule has 3 rings (SSSR count). The molecule has 1 saturated heterocycles. The Bertz CT molecular complexity index is 489. The van der Waals surface area contributed by atoms with Gasteiger partial charge in [0.2, 0.25) is 0 Å². The van der Waals surface area contributed by atoms with E-state index >= 15 is 0 Å². The highest BCUT2D eigenvalue weighted by molar-refractivity contribution is 5.34. The predicted molar refractivity (Wildman–Crippen MR) is 69.6 cm³/mol. The van der Waals surface area contributed by atoms with E-state index in [1.165, 1.54) is 6.07 Å². The molecule has 3 nitrogen and oxygen atoms in total. The fourth-order valence-corrected chi connectivity index (χ4v) is 3.51. The quantitative estimate of drug-likeness (QED) is 0.742. The summed E-state index contributed by atoms with van der Waals surface area (Å²) in [6, 6.07) is 5.46. The van der Waals surface area contributed by atoms with E-state index in [-0.39, 0.29) is 29.6 Å². The van der Waals surface area contributed by atoms with Gasteiger partial charge in [-0.05, 0) is 24.5 Å². The Labute approximate surface area is 115 Å². The Kier molecular flexibility index (Phi) is 3.48. The minimum atomic E-state index is -4.34. The van der Waals surface area contributed by atoms with Crippen LogP contribution in [-0.4, -0.2) is 12.1 Å². The first-order chi connectivity index (χ1) is 9.48. The van der Waals surface area contributed by atoms with Gasteiger partial charge in [-0.3, -0.25) is 5.43 Å². The Hall–Kier alpha value is -1.11. The molecule has 2 fully saturated rings. The SMILES string of the molecule is NC1CCCC2NNC(c3ccccc3C(F)(F)F)C12. The van der Waals surface area contributed by atoms with E-state index in [0.717, 1.165) is 25.3 Å². The molecule has 1 heterocycles. The van der Waals surface area contributed by atoms with Crippen molar-refractivity contribution in [2.45, 2.75) is 43.6 Å². The summed E-state index contributed by atoms with van der Waals surface area (Å²) in [5.41, 5.74) is 12.0. The fourth-order valence-electron chi connectivity index (χ4n) is 3.51. The standard InChI is InChI=1S/C14H18F3N3/c15-14(16,17)9-5-2-1-4-8(9)13-12-10(18)6-3-7-11(12)19-20-13/h1-2,4-5,10-13,19-20H,3,6-7,18H2. The summed E-state index contributed by atoms with van der Waals surface area (Å²) in [7, 11) is 0. The van der Waals surface area contributed by atoms with E-state index < -0.39 is 11.7 Å². The summed E-state index contributed by atoms with van der Waals surface area (Å²) in [6.45, 7) is 0. The molecule has 2 aliphatic rings. The van der Waals surface area contributed by atoms with Gasteiger partial charge in [0.25, 0.3) is 0 Å². The summed E-state index contributed by atoms with van der Waals surface area (Å²) in [4.78, 5) is 0. The molecule has 0 aromatic heterocycles. The second-order valence-corrected chi connectivity index (χ2v) is 5.63. The van der Waals surface area contributed by atoms with Gasteiger partial charge in [-0.2, -0.15) is 13.2 Å². The zero-order valence-electron chi connectivity index (χ0n) is 11.0. The molecule has 0 amide bonds. The van der Waals surface area contributed by atoms with E-state index in [2.05, 4.69) is 10.9 Å². The lowest BCUT2D eigenvalue weighted by Gasteiger charge is -2.33. The van der Waals surface area contributed by atoms with Gasteiger partial charge < -0.3 is 5.73 Å². The third kappa shape index (κ3) is 2.32. The van der Waals surface area contributed by atoms with E-state index in [9.17, 15) is 13.2 Å². The van der Waals surface area contributed by atoms with Gasteiger partial charge in [-0.15, -0.1) is 0 Å². The van der Waals surface area contributed by atoms with Crippen LogP contribution in [0.2, 0.25) is 0 Å². The van der Waals surface area contributed by atoms with Crippen molar-refractivity contribution >= 4 is 0 Å². The van der Waals surface area contributed by atoms with E-state index in [1.807, 2.05) is 0 Å². The first-order valence-electron chi connectivity index (χ1n) is 6.91. The summed E-state index contributed by atoms with van der Waals surface area (Å²) in [5, 5.41) is 0. The van der Waals surface area contributed by atoms with Gasteiger partial charge in [-0.25, -0.2) is 5.43 Å². The Balaban J connectivity index is 1.97. The van der Waals surface area contributed by atoms with Crippen LogP contribution in [0.25, 0.3) is 0 Å². The second-order valence-electron chi connectivity index (χ2n) is 5.63. The molecule has 4 N–H and O–H groups in total. The second kappa shape index (κ2) is 5.02. The molecule has 1 aliphatic heterocycles.